The third-order valence-electron chi connectivity index (χ3n) is 3.67. The highest BCUT2D eigenvalue weighted by Gasteiger charge is 2.31. The molecule has 0 saturated heterocycles. The van der Waals surface area contributed by atoms with Gasteiger partial charge >= 0.3 is 6.18 Å². The number of fused-ring (bicyclic) bond motifs is 1. The Morgan fingerprint density at radius 1 is 1.04 bits per heavy atom. The number of nitrogens with two attached hydrogens (primary N) is 2. The fraction of sp³-hybridized carbons (Fsp3) is 0.176. The molecule has 0 spiro atoms. The third-order valence-corrected chi connectivity index (χ3v) is 3.67. The Balaban J connectivity index is 2.31. The number of ketones is 2. The van der Waals surface area contributed by atoms with Crippen molar-refractivity contribution in [2.24, 2.45) is 11.5 Å². The van der Waals surface area contributed by atoms with Crippen LogP contribution in [0.1, 0.15) is 34.1 Å². The molecular formula is C17H15F3N2O2. The van der Waals surface area contributed by atoms with Crippen LogP contribution in [-0.4, -0.2) is 17.7 Å². The zero-order valence-corrected chi connectivity index (χ0v) is 12.8. The van der Waals surface area contributed by atoms with Gasteiger partial charge in [0.25, 0.3) is 0 Å². The maximum absolute atomic E-state index is 12.5. The van der Waals surface area contributed by atoms with Crippen LogP contribution in [0.4, 0.5) is 13.2 Å². The highest BCUT2D eigenvalue weighted by Crippen LogP contribution is 2.29. The van der Waals surface area contributed by atoms with Crippen LogP contribution >= 0.6 is 0 Å². The number of halogens is 3. The molecule has 7 heteroatoms. The van der Waals surface area contributed by atoms with Crippen molar-refractivity contribution in [3.63, 3.8) is 0 Å². The minimum Gasteiger partial charge on any atom is -0.402 e. The molecule has 4 nitrogen and oxygen atoms in total. The summed E-state index contributed by atoms with van der Waals surface area (Å²) in [4.78, 5) is 24.8. The van der Waals surface area contributed by atoms with Crippen molar-refractivity contribution in [1.82, 2.24) is 0 Å². The molecule has 126 valence electrons. The van der Waals surface area contributed by atoms with Crippen LogP contribution in [0, 0.1) is 0 Å². The van der Waals surface area contributed by atoms with Crippen molar-refractivity contribution in [2.75, 3.05) is 0 Å². The normalized spacial score (nSPS) is 16.5. The molecular weight excluding hydrogens is 321 g/mol. The Morgan fingerprint density at radius 3 is 2.12 bits per heavy atom. The summed E-state index contributed by atoms with van der Waals surface area (Å²) < 4.78 is 37.0. The van der Waals surface area contributed by atoms with Crippen LogP contribution in [0.2, 0.25) is 0 Å². The second-order valence-corrected chi connectivity index (χ2v) is 5.35. The first-order valence-electron chi connectivity index (χ1n) is 7.00. The predicted octanol–water partition coefficient (Wildman–Crippen LogP) is 3.02. The largest absolute Gasteiger partial charge is 0.430 e. The van der Waals surface area contributed by atoms with Gasteiger partial charge in [0.05, 0.1) is 0 Å². The molecule has 0 aromatic heterocycles. The van der Waals surface area contributed by atoms with E-state index < -0.39 is 11.9 Å². The zero-order valence-electron chi connectivity index (χ0n) is 12.8. The van der Waals surface area contributed by atoms with Gasteiger partial charge in [0.15, 0.2) is 11.6 Å². The molecule has 0 atom stereocenters. The molecule has 0 unspecified atom stereocenters. The lowest BCUT2D eigenvalue weighted by Crippen LogP contribution is -2.22. The zero-order chi connectivity index (χ0) is 18.1. The van der Waals surface area contributed by atoms with Gasteiger partial charge in [-0.2, -0.15) is 13.2 Å². The van der Waals surface area contributed by atoms with Gasteiger partial charge in [-0.3, -0.25) is 9.59 Å². The number of hydrogen-bond donors (Lipinski definition) is 2. The quantitative estimate of drug-likeness (QED) is 0.831. The van der Waals surface area contributed by atoms with Crippen molar-refractivity contribution in [3.8, 4) is 0 Å². The molecule has 0 bridgehead atoms. The topological polar surface area (TPSA) is 86.2 Å². The van der Waals surface area contributed by atoms with E-state index >= 15 is 0 Å². The van der Waals surface area contributed by atoms with E-state index in [1.807, 2.05) is 0 Å². The summed E-state index contributed by atoms with van der Waals surface area (Å²) in [5.74, 6) is -0.648. The van der Waals surface area contributed by atoms with Gasteiger partial charge < -0.3 is 11.5 Å². The van der Waals surface area contributed by atoms with Gasteiger partial charge in [-0.05, 0) is 19.1 Å². The summed E-state index contributed by atoms with van der Waals surface area (Å²) in [7, 11) is 0. The summed E-state index contributed by atoms with van der Waals surface area (Å²) in [6.07, 6.45) is -3.16. The van der Waals surface area contributed by atoms with Gasteiger partial charge in [0.2, 0.25) is 0 Å². The van der Waals surface area contributed by atoms with Crippen molar-refractivity contribution in [2.45, 2.75) is 19.5 Å². The first kappa shape index (κ1) is 17.5. The van der Waals surface area contributed by atoms with Gasteiger partial charge in [0, 0.05) is 34.4 Å². The van der Waals surface area contributed by atoms with Gasteiger partial charge in [0.1, 0.15) is 5.70 Å². The van der Waals surface area contributed by atoms with E-state index in [0.717, 1.165) is 6.08 Å². The van der Waals surface area contributed by atoms with Crippen molar-refractivity contribution < 1.29 is 22.8 Å². The standard InChI is InChI=1S/C17H15F3N2O2/c1-9-13(8-10(21)6-7-14(22)17(18,19)20)16(24)12-5-3-2-4-11(12)15(9)23/h2-7H,8,21-22H2,1H3/b10-6-,14-7-. The third kappa shape index (κ3) is 3.40. The maximum atomic E-state index is 12.5. The molecule has 0 heterocycles. The number of allylic oxidation sites excluding steroid dienone is 5. The van der Waals surface area contributed by atoms with E-state index in [2.05, 4.69) is 0 Å². The molecule has 4 N–H and O–H groups in total. The average Bonchev–Trinajstić information content (AvgIpc) is 2.53. The van der Waals surface area contributed by atoms with Crippen LogP contribution in [0.25, 0.3) is 0 Å². The van der Waals surface area contributed by atoms with E-state index in [9.17, 15) is 22.8 Å². The Hall–Kier alpha value is -2.83. The summed E-state index contributed by atoms with van der Waals surface area (Å²) in [5.41, 5.74) is 10.2. The van der Waals surface area contributed by atoms with E-state index in [1.54, 1.807) is 18.2 Å². The smallest absolute Gasteiger partial charge is 0.402 e. The van der Waals surface area contributed by atoms with Gasteiger partial charge in [-0.15, -0.1) is 0 Å². The molecule has 24 heavy (non-hydrogen) atoms. The Kier molecular flexibility index (Phi) is 4.64. The Morgan fingerprint density at radius 2 is 1.58 bits per heavy atom. The summed E-state index contributed by atoms with van der Waals surface area (Å²) in [6.45, 7) is 1.50. The van der Waals surface area contributed by atoms with Crippen LogP contribution in [0.5, 0.6) is 0 Å². The molecule has 1 aromatic rings. The lowest BCUT2D eigenvalue weighted by molar-refractivity contribution is -0.0926. The number of hydrogen-bond acceptors (Lipinski definition) is 4. The first-order valence-corrected chi connectivity index (χ1v) is 7.00. The minimum absolute atomic E-state index is 0.00270. The molecule has 0 saturated carbocycles. The van der Waals surface area contributed by atoms with Gasteiger partial charge in [-0.1, -0.05) is 24.3 Å². The number of alkyl halides is 3. The number of carbonyl (C=O) groups excluding carboxylic acids is 2. The molecule has 1 aliphatic rings. The second-order valence-electron chi connectivity index (χ2n) is 5.35. The van der Waals surface area contributed by atoms with E-state index in [0.29, 0.717) is 11.6 Å². The van der Waals surface area contributed by atoms with E-state index in [-0.39, 0.29) is 40.4 Å². The van der Waals surface area contributed by atoms with Crippen LogP contribution in [0.15, 0.2) is 59.0 Å². The Labute approximate surface area is 136 Å². The maximum Gasteiger partial charge on any atom is 0.430 e. The average molecular weight is 336 g/mol. The first-order chi connectivity index (χ1) is 11.1. The molecule has 2 rings (SSSR count). The van der Waals surface area contributed by atoms with E-state index in [4.69, 9.17) is 11.5 Å². The number of carbonyl (C=O) groups is 2. The molecule has 0 radical (unpaired) electrons. The molecule has 0 amide bonds. The highest BCUT2D eigenvalue weighted by molar-refractivity contribution is 6.26. The van der Waals surface area contributed by atoms with Crippen molar-refractivity contribution in [1.29, 1.82) is 0 Å². The number of benzene rings is 1. The summed E-state index contributed by atoms with van der Waals surface area (Å²) >= 11 is 0. The lowest BCUT2D eigenvalue weighted by Gasteiger charge is -2.19. The summed E-state index contributed by atoms with van der Waals surface area (Å²) in [6, 6.07) is 6.38. The van der Waals surface area contributed by atoms with E-state index in [1.165, 1.54) is 13.0 Å². The van der Waals surface area contributed by atoms with Gasteiger partial charge in [-0.25, -0.2) is 0 Å². The molecule has 0 aliphatic heterocycles. The van der Waals surface area contributed by atoms with Crippen molar-refractivity contribution in [3.05, 3.63) is 70.1 Å². The number of rotatable bonds is 3. The van der Waals surface area contributed by atoms with Crippen molar-refractivity contribution >= 4 is 11.6 Å². The monoisotopic (exact) mass is 336 g/mol. The fourth-order valence-electron chi connectivity index (χ4n) is 2.32. The number of Topliss-reactive ketones (excluding diaryl/α,β-unsaturated/α-hetero) is 2. The van der Waals surface area contributed by atoms with Crippen LogP contribution in [0.3, 0.4) is 0 Å². The fourth-order valence-corrected chi connectivity index (χ4v) is 2.32. The summed E-state index contributed by atoms with van der Waals surface area (Å²) in [5, 5.41) is 0. The molecule has 1 aromatic carbocycles. The SMILES string of the molecule is CC1=C(C/C(N)=C/C=C(\N)C(F)(F)F)C(=O)c2ccccc2C1=O. The van der Waals surface area contributed by atoms with Crippen LogP contribution < -0.4 is 11.5 Å². The Bertz CT molecular complexity index is 802. The minimum atomic E-state index is -4.65. The molecule has 1 aliphatic carbocycles. The predicted molar refractivity (Wildman–Crippen MR) is 83.0 cm³/mol. The van der Waals surface area contributed by atoms with Crippen LogP contribution in [-0.2, 0) is 0 Å². The molecule has 0 fully saturated rings. The lowest BCUT2D eigenvalue weighted by atomic mass is 9.83. The highest BCUT2D eigenvalue weighted by atomic mass is 19.4. The second kappa shape index (κ2) is 6.35.